The van der Waals surface area contributed by atoms with Crippen LogP contribution in [0.4, 0.5) is 5.82 Å². The molecular formula is C12H11N3O3. The average molecular weight is 245 g/mol. The van der Waals surface area contributed by atoms with Crippen molar-refractivity contribution in [3.8, 4) is 5.75 Å². The molecule has 6 nitrogen and oxygen atoms in total. The van der Waals surface area contributed by atoms with Crippen LogP contribution < -0.4 is 10.9 Å². The average Bonchev–Trinajstić information content (AvgIpc) is 2.28. The van der Waals surface area contributed by atoms with Crippen LogP contribution in [0.3, 0.4) is 0 Å². The zero-order valence-corrected chi connectivity index (χ0v) is 9.60. The lowest BCUT2D eigenvalue weighted by Gasteiger charge is -2.05. The lowest BCUT2D eigenvalue weighted by Crippen LogP contribution is -2.15. The van der Waals surface area contributed by atoms with Crippen molar-refractivity contribution in [2.45, 2.75) is 6.92 Å². The van der Waals surface area contributed by atoms with Crippen molar-refractivity contribution in [3.63, 3.8) is 0 Å². The maximum Gasteiger partial charge on any atom is 0.262 e. The molecule has 2 heterocycles. The van der Waals surface area contributed by atoms with Gasteiger partial charge in [0.15, 0.2) is 0 Å². The topological polar surface area (TPSA) is 95.1 Å². The molecule has 0 bridgehead atoms. The summed E-state index contributed by atoms with van der Waals surface area (Å²) in [6, 6.07) is 6.13. The van der Waals surface area contributed by atoms with E-state index in [2.05, 4.69) is 15.3 Å². The van der Waals surface area contributed by atoms with Crippen LogP contribution >= 0.6 is 0 Å². The van der Waals surface area contributed by atoms with Gasteiger partial charge in [0.05, 0.1) is 5.56 Å². The number of amides is 1. The third-order valence-electron chi connectivity index (χ3n) is 2.28. The van der Waals surface area contributed by atoms with Crippen molar-refractivity contribution in [3.05, 3.63) is 52.1 Å². The minimum atomic E-state index is -0.540. The molecule has 0 aliphatic carbocycles. The lowest BCUT2D eigenvalue weighted by atomic mass is 10.2. The van der Waals surface area contributed by atoms with E-state index in [9.17, 15) is 14.7 Å². The number of nitrogens with zero attached hydrogens (tertiary/aromatic N) is 1. The van der Waals surface area contributed by atoms with E-state index in [4.69, 9.17) is 0 Å². The molecule has 0 atom stereocenters. The zero-order valence-electron chi connectivity index (χ0n) is 9.60. The fraction of sp³-hybridized carbons (Fsp3) is 0.0833. The monoisotopic (exact) mass is 245 g/mol. The number of carbonyl (C=O) groups excluding carboxylic acids is 1. The van der Waals surface area contributed by atoms with Gasteiger partial charge in [-0.25, -0.2) is 4.98 Å². The summed E-state index contributed by atoms with van der Waals surface area (Å²) in [7, 11) is 0. The third kappa shape index (κ3) is 2.54. The quantitative estimate of drug-likeness (QED) is 0.736. The Morgan fingerprint density at radius 2 is 2.22 bits per heavy atom. The van der Waals surface area contributed by atoms with Gasteiger partial charge in [0.2, 0.25) is 0 Å². The molecule has 0 aromatic carbocycles. The molecule has 0 aliphatic rings. The van der Waals surface area contributed by atoms with Crippen molar-refractivity contribution in [1.82, 2.24) is 9.97 Å². The van der Waals surface area contributed by atoms with Gasteiger partial charge in [-0.3, -0.25) is 9.59 Å². The second-order valence-corrected chi connectivity index (χ2v) is 3.71. The van der Waals surface area contributed by atoms with Crippen molar-refractivity contribution >= 4 is 11.7 Å². The van der Waals surface area contributed by atoms with Crippen LogP contribution in [0.15, 0.2) is 35.3 Å². The molecule has 0 unspecified atom stereocenters. The molecule has 18 heavy (non-hydrogen) atoms. The Morgan fingerprint density at radius 1 is 1.44 bits per heavy atom. The maximum absolute atomic E-state index is 11.8. The van der Waals surface area contributed by atoms with Crippen molar-refractivity contribution in [1.29, 1.82) is 0 Å². The van der Waals surface area contributed by atoms with Gasteiger partial charge >= 0.3 is 0 Å². The molecular weight excluding hydrogens is 234 g/mol. The minimum Gasteiger partial charge on any atom is -0.507 e. The molecule has 0 spiro atoms. The number of hydrogen-bond donors (Lipinski definition) is 3. The molecule has 0 aliphatic heterocycles. The second-order valence-electron chi connectivity index (χ2n) is 3.71. The molecule has 2 aromatic rings. The van der Waals surface area contributed by atoms with E-state index in [1.165, 1.54) is 0 Å². The second kappa shape index (κ2) is 4.70. The summed E-state index contributed by atoms with van der Waals surface area (Å²) in [6.45, 7) is 1.80. The Kier molecular flexibility index (Phi) is 3.09. The van der Waals surface area contributed by atoms with Gasteiger partial charge in [0.1, 0.15) is 11.6 Å². The van der Waals surface area contributed by atoms with Crippen LogP contribution in [0.2, 0.25) is 0 Å². The molecule has 92 valence electrons. The number of H-pyrrole nitrogens is 1. The smallest absolute Gasteiger partial charge is 0.262 e. The lowest BCUT2D eigenvalue weighted by molar-refractivity contribution is 0.102. The number of rotatable bonds is 2. The van der Waals surface area contributed by atoms with Crippen LogP contribution in [0.25, 0.3) is 0 Å². The van der Waals surface area contributed by atoms with Crippen LogP contribution in [-0.2, 0) is 0 Å². The fourth-order valence-electron chi connectivity index (χ4n) is 1.44. The van der Waals surface area contributed by atoms with Crippen LogP contribution in [0, 0.1) is 6.92 Å². The highest BCUT2D eigenvalue weighted by molar-refractivity contribution is 6.05. The normalized spacial score (nSPS) is 10.1. The molecule has 6 heteroatoms. The maximum atomic E-state index is 11.8. The standard InChI is InChI=1S/C12H11N3O3/c1-7-3-2-4-10(14-7)15-12(18)8-6-13-11(17)5-9(8)16/h2-6H,1H3,(H2,13,16,17)(H,14,15,18). The molecule has 0 fully saturated rings. The number of aromatic amines is 1. The highest BCUT2D eigenvalue weighted by Crippen LogP contribution is 2.14. The Bertz CT molecular complexity index is 649. The molecule has 0 radical (unpaired) electrons. The van der Waals surface area contributed by atoms with E-state index < -0.39 is 11.5 Å². The van der Waals surface area contributed by atoms with Gasteiger partial charge in [0.25, 0.3) is 11.5 Å². The minimum absolute atomic E-state index is 0.0158. The Balaban J connectivity index is 2.25. The Labute approximate surface area is 102 Å². The SMILES string of the molecule is Cc1cccc(NC(=O)c2c[nH]c(=O)cc2O)n1. The zero-order chi connectivity index (χ0) is 13.1. The molecule has 0 saturated carbocycles. The Morgan fingerprint density at radius 3 is 2.89 bits per heavy atom. The van der Waals surface area contributed by atoms with Gasteiger partial charge in [-0.1, -0.05) is 6.07 Å². The summed E-state index contributed by atoms with van der Waals surface area (Å²) in [6.07, 6.45) is 1.16. The van der Waals surface area contributed by atoms with E-state index >= 15 is 0 Å². The predicted molar refractivity (Wildman–Crippen MR) is 65.7 cm³/mol. The molecule has 0 saturated heterocycles. The van der Waals surface area contributed by atoms with Gasteiger partial charge in [0, 0.05) is 18.0 Å². The van der Waals surface area contributed by atoms with E-state index in [1.54, 1.807) is 25.1 Å². The third-order valence-corrected chi connectivity index (χ3v) is 2.28. The van der Waals surface area contributed by atoms with Gasteiger partial charge in [-0.05, 0) is 19.1 Å². The number of aryl methyl sites for hydroxylation is 1. The number of anilines is 1. The number of aromatic nitrogens is 2. The summed E-state index contributed by atoms with van der Waals surface area (Å²) >= 11 is 0. The van der Waals surface area contributed by atoms with Crippen molar-refractivity contribution in [2.24, 2.45) is 0 Å². The van der Waals surface area contributed by atoms with Gasteiger partial charge in [-0.2, -0.15) is 0 Å². The predicted octanol–water partition coefficient (Wildman–Crippen LogP) is 1.04. The summed E-state index contributed by atoms with van der Waals surface area (Å²) in [5.74, 6) is -0.531. The first-order chi connectivity index (χ1) is 8.56. The number of hydrogen-bond acceptors (Lipinski definition) is 4. The van der Waals surface area contributed by atoms with Gasteiger partial charge < -0.3 is 15.4 Å². The van der Waals surface area contributed by atoms with Gasteiger partial charge in [-0.15, -0.1) is 0 Å². The number of aromatic hydroxyl groups is 1. The molecule has 2 aromatic heterocycles. The van der Waals surface area contributed by atoms with Crippen LogP contribution in [0.5, 0.6) is 5.75 Å². The largest absolute Gasteiger partial charge is 0.507 e. The molecule has 1 amide bonds. The summed E-state index contributed by atoms with van der Waals surface area (Å²) < 4.78 is 0. The summed E-state index contributed by atoms with van der Waals surface area (Å²) in [5, 5.41) is 12.0. The Hall–Kier alpha value is -2.63. The van der Waals surface area contributed by atoms with E-state index in [-0.39, 0.29) is 11.3 Å². The first kappa shape index (κ1) is 11.8. The van der Waals surface area contributed by atoms with Crippen molar-refractivity contribution < 1.29 is 9.90 Å². The number of pyridine rings is 2. The number of carbonyl (C=O) groups is 1. The van der Waals surface area contributed by atoms with Crippen LogP contribution in [-0.4, -0.2) is 21.0 Å². The summed E-state index contributed by atoms with van der Waals surface area (Å²) in [4.78, 5) is 29.2. The van der Waals surface area contributed by atoms with Crippen LogP contribution in [0.1, 0.15) is 16.1 Å². The molecule has 2 rings (SSSR count). The highest BCUT2D eigenvalue weighted by Gasteiger charge is 2.12. The van der Waals surface area contributed by atoms with E-state index in [1.807, 2.05) is 0 Å². The summed E-state index contributed by atoms with van der Waals surface area (Å²) in [5.41, 5.74) is 0.272. The molecule has 3 N–H and O–H groups in total. The number of nitrogens with one attached hydrogen (secondary N) is 2. The van der Waals surface area contributed by atoms with E-state index in [0.29, 0.717) is 5.82 Å². The fourth-order valence-corrected chi connectivity index (χ4v) is 1.44. The van der Waals surface area contributed by atoms with Crippen molar-refractivity contribution in [2.75, 3.05) is 5.32 Å². The first-order valence-corrected chi connectivity index (χ1v) is 5.23. The first-order valence-electron chi connectivity index (χ1n) is 5.23. The highest BCUT2D eigenvalue weighted by atomic mass is 16.3. The van der Waals surface area contributed by atoms with E-state index in [0.717, 1.165) is 18.0 Å².